The van der Waals surface area contributed by atoms with Crippen LogP contribution < -0.4 is 5.32 Å². The third kappa shape index (κ3) is 4.78. The van der Waals surface area contributed by atoms with Crippen molar-refractivity contribution in [3.05, 3.63) is 17.0 Å². The third-order valence-corrected chi connectivity index (χ3v) is 2.65. The molecule has 0 spiro atoms. The fraction of sp³-hybridized carbons (Fsp3) is 0.375. The fourth-order valence-corrected chi connectivity index (χ4v) is 1.57. The lowest BCUT2D eigenvalue weighted by atomic mass is 10.3. The first-order chi connectivity index (χ1) is 7.94. The van der Waals surface area contributed by atoms with Gasteiger partial charge in [-0.3, -0.25) is 4.79 Å². The van der Waals surface area contributed by atoms with E-state index in [9.17, 15) is 18.0 Å². The van der Waals surface area contributed by atoms with E-state index in [1.165, 1.54) is 0 Å². The highest BCUT2D eigenvalue weighted by Gasteiger charge is 2.27. The van der Waals surface area contributed by atoms with E-state index in [0.29, 0.717) is 6.29 Å². The molecule has 1 aromatic heterocycles. The molecule has 0 aromatic carbocycles. The van der Waals surface area contributed by atoms with Crippen molar-refractivity contribution in [2.45, 2.75) is 5.51 Å². The zero-order chi connectivity index (χ0) is 12.9. The molecule has 1 rings (SSSR count). The monoisotopic (exact) mass is 285 g/mol. The maximum atomic E-state index is 11.8. The predicted octanol–water partition coefficient (Wildman–Crippen LogP) is 2.61. The van der Waals surface area contributed by atoms with E-state index >= 15 is 0 Å². The summed E-state index contributed by atoms with van der Waals surface area (Å²) in [7, 11) is 0. The maximum absolute atomic E-state index is 11.8. The minimum absolute atomic E-state index is 0.0123. The molecule has 0 aliphatic heterocycles. The molecule has 1 aromatic rings. The quantitative estimate of drug-likeness (QED) is 0.512. The number of aromatic nitrogens is 2. The van der Waals surface area contributed by atoms with Gasteiger partial charge in [0, 0.05) is 12.3 Å². The van der Waals surface area contributed by atoms with E-state index in [2.05, 4.69) is 15.3 Å². The van der Waals surface area contributed by atoms with Crippen LogP contribution in [0.5, 0.6) is 0 Å². The smallest absolute Gasteiger partial charge is 0.368 e. The Kier molecular flexibility index (Phi) is 5.01. The van der Waals surface area contributed by atoms with Crippen molar-refractivity contribution >= 4 is 35.5 Å². The van der Waals surface area contributed by atoms with Crippen molar-refractivity contribution in [1.82, 2.24) is 9.97 Å². The Hall–Kier alpha value is -1.02. The highest BCUT2D eigenvalue weighted by Crippen LogP contribution is 2.29. The number of carbonyl (C=O) groups excluding carboxylic acids is 1. The van der Waals surface area contributed by atoms with Crippen molar-refractivity contribution < 1.29 is 18.0 Å². The van der Waals surface area contributed by atoms with E-state index in [1.54, 1.807) is 0 Å². The summed E-state index contributed by atoms with van der Waals surface area (Å²) in [5, 5.41) is 2.55. The summed E-state index contributed by atoms with van der Waals surface area (Å²) < 4.78 is 35.5. The molecule has 0 amide bonds. The summed E-state index contributed by atoms with van der Waals surface area (Å²) >= 11 is 5.45. The molecule has 0 saturated carbocycles. The Morgan fingerprint density at radius 2 is 2.18 bits per heavy atom. The van der Waals surface area contributed by atoms with E-state index in [1.807, 2.05) is 0 Å². The van der Waals surface area contributed by atoms with Crippen molar-refractivity contribution in [1.29, 1.82) is 0 Å². The first-order valence-corrected chi connectivity index (χ1v) is 5.70. The minimum atomic E-state index is -4.27. The second kappa shape index (κ2) is 6.06. The highest BCUT2D eigenvalue weighted by molar-refractivity contribution is 8.00. The fourth-order valence-electron chi connectivity index (χ4n) is 0.956. The molecular formula is C8H7ClF3N3OS. The van der Waals surface area contributed by atoms with Gasteiger partial charge in [0.1, 0.15) is 17.3 Å². The second-order valence-corrected chi connectivity index (χ2v) is 4.28. The Balaban J connectivity index is 2.52. The molecule has 4 nitrogen and oxygen atoms in total. The standard InChI is InChI=1S/C8H7ClF3N3OS/c9-6-5(3-16)7(15-4-14-6)13-1-2-17-8(10,11)12/h3-4H,1-2H2,(H,13,14,15). The molecule has 0 fully saturated rings. The molecule has 0 aliphatic rings. The molecule has 0 unspecified atom stereocenters. The average molecular weight is 286 g/mol. The van der Waals surface area contributed by atoms with Crippen LogP contribution in [0.1, 0.15) is 10.4 Å². The Morgan fingerprint density at radius 3 is 2.76 bits per heavy atom. The number of carbonyl (C=O) groups is 1. The topological polar surface area (TPSA) is 54.9 Å². The van der Waals surface area contributed by atoms with Crippen LogP contribution in [0.15, 0.2) is 6.33 Å². The van der Waals surface area contributed by atoms with Crippen LogP contribution >= 0.6 is 23.4 Å². The maximum Gasteiger partial charge on any atom is 0.441 e. The van der Waals surface area contributed by atoms with Gasteiger partial charge in [0.25, 0.3) is 0 Å². The SMILES string of the molecule is O=Cc1c(Cl)ncnc1NCCSC(F)(F)F. The van der Waals surface area contributed by atoms with Gasteiger partial charge >= 0.3 is 5.51 Å². The zero-order valence-electron chi connectivity index (χ0n) is 8.29. The number of hydrogen-bond acceptors (Lipinski definition) is 5. The van der Waals surface area contributed by atoms with E-state index in [0.717, 1.165) is 6.33 Å². The van der Waals surface area contributed by atoms with Gasteiger partial charge in [-0.2, -0.15) is 13.2 Å². The molecule has 1 N–H and O–H groups in total. The zero-order valence-corrected chi connectivity index (χ0v) is 9.86. The van der Waals surface area contributed by atoms with Crippen LogP contribution in [0.2, 0.25) is 5.15 Å². The Morgan fingerprint density at radius 1 is 1.47 bits per heavy atom. The van der Waals surface area contributed by atoms with E-state index in [-0.39, 0.29) is 40.6 Å². The summed E-state index contributed by atoms with van der Waals surface area (Å²) in [5.74, 6) is -0.0635. The second-order valence-electron chi connectivity index (χ2n) is 2.77. The number of halogens is 4. The van der Waals surface area contributed by atoms with Gasteiger partial charge in [-0.25, -0.2) is 9.97 Å². The van der Waals surface area contributed by atoms with Gasteiger partial charge < -0.3 is 5.32 Å². The van der Waals surface area contributed by atoms with Crippen LogP contribution in [-0.4, -0.2) is 34.1 Å². The average Bonchev–Trinajstić information content (AvgIpc) is 2.23. The van der Waals surface area contributed by atoms with Crippen LogP contribution in [0, 0.1) is 0 Å². The molecule has 17 heavy (non-hydrogen) atoms. The van der Waals surface area contributed by atoms with Crippen molar-refractivity contribution in [3.63, 3.8) is 0 Å². The molecule has 0 atom stereocenters. The third-order valence-electron chi connectivity index (χ3n) is 1.61. The molecule has 9 heteroatoms. The normalized spacial score (nSPS) is 11.3. The molecule has 0 bridgehead atoms. The molecule has 0 aliphatic carbocycles. The Labute approximate surface area is 104 Å². The first-order valence-electron chi connectivity index (χ1n) is 4.34. The molecular weight excluding hydrogens is 279 g/mol. The van der Waals surface area contributed by atoms with Crippen LogP contribution in [-0.2, 0) is 0 Å². The van der Waals surface area contributed by atoms with Crippen LogP contribution in [0.3, 0.4) is 0 Å². The van der Waals surface area contributed by atoms with E-state index < -0.39 is 5.51 Å². The van der Waals surface area contributed by atoms with Gasteiger partial charge in [-0.15, -0.1) is 0 Å². The number of nitrogens with zero attached hydrogens (tertiary/aromatic N) is 2. The summed E-state index contributed by atoms with van der Waals surface area (Å²) in [6.07, 6.45) is 1.57. The highest BCUT2D eigenvalue weighted by atomic mass is 35.5. The molecule has 0 radical (unpaired) electrons. The summed E-state index contributed by atoms with van der Waals surface area (Å²) in [5.41, 5.74) is -4.23. The van der Waals surface area contributed by atoms with Crippen molar-refractivity contribution in [2.24, 2.45) is 0 Å². The first kappa shape index (κ1) is 14.0. The number of hydrogen-bond donors (Lipinski definition) is 1. The molecule has 94 valence electrons. The van der Waals surface area contributed by atoms with E-state index in [4.69, 9.17) is 11.6 Å². The lowest BCUT2D eigenvalue weighted by molar-refractivity contribution is -0.0327. The van der Waals surface area contributed by atoms with Crippen LogP contribution in [0.25, 0.3) is 0 Å². The number of anilines is 1. The largest absolute Gasteiger partial charge is 0.441 e. The summed E-state index contributed by atoms with van der Waals surface area (Å²) in [6, 6.07) is 0. The van der Waals surface area contributed by atoms with Crippen LogP contribution in [0.4, 0.5) is 19.0 Å². The van der Waals surface area contributed by atoms with Gasteiger partial charge in [0.2, 0.25) is 0 Å². The number of thioether (sulfide) groups is 1. The lowest BCUT2D eigenvalue weighted by Crippen LogP contribution is -2.12. The number of nitrogens with one attached hydrogen (secondary N) is 1. The predicted molar refractivity (Wildman–Crippen MR) is 59.4 cm³/mol. The number of rotatable bonds is 5. The number of aldehydes is 1. The lowest BCUT2D eigenvalue weighted by Gasteiger charge is -2.08. The summed E-state index contributed by atoms with van der Waals surface area (Å²) in [4.78, 5) is 17.9. The Bertz CT molecular complexity index is 402. The van der Waals surface area contributed by atoms with Gasteiger partial charge in [0.15, 0.2) is 6.29 Å². The number of alkyl halides is 3. The summed E-state index contributed by atoms with van der Waals surface area (Å²) in [6.45, 7) is 0.0123. The van der Waals surface area contributed by atoms with Gasteiger partial charge in [-0.1, -0.05) is 11.6 Å². The molecule has 0 saturated heterocycles. The van der Waals surface area contributed by atoms with Gasteiger partial charge in [-0.05, 0) is 11.8 Å². The van der Waals surface area contributed by atoms with Crippen molar-refractivity contribution in [2.75, 3.05) is 17.6 Å². The van der Waals surface area contributed by atoms with Gasteiger partial charge in [0.05, 0.1) is 5.56 Å². The van der Waals surface area contributed by atoms with Crippen molar-refractivity contribution in [3.8, 4) is 0 Å². The molecule has 1 heterocycles. The minimum Gasteiger partial charge on any atom is -0.368 e.